The lowest BCUT2D eigenvalue weighted by molar-refractivity contribution is -0.134. The number of aryl methyl sites for hydroxylation is 1. The average Bonchev–Trinajstić information content (AvgIpc) is 2.70. The Labute approximate surface area is 143 Å². The molecule has 2 amide bonds. The van der Waals surface area contributed by atoms with E-state index in [1.54, 1.807) is 4.90 Å². The molecule has 1 unspecified atom stereocenters. The Morgan fingerprint density at radius 2 is 2.04 bits per heavy atom. The van der Waals surface area contributed by atoms with E-state index in [9.17, 15) is 9.59 Å². The summed E-state index contributed by atoms with van der Waals surface area (Å²) in [7, 11) is 0. The van der Waals surface area contributed by atoms with Gasteiger partial charge in [0.05, 0.1) is 0 Å². The summed E-state index contributed by atoms with van der Waals surface area (Å²) in [4.78, 5) is 28.9. The Morgan fingerprint density at radius 3 is 2.79 bits per heavy atom. The van der Waals surface area contributed by atoms with Gasteiger partial charge in [-0.05, 0) is 36.3 Å². The van der Waals surface area contributed by atoms with Crippen LogP contribution in [-0.4, -0.2) is 42.4 Å². The number of benzene rings is 1. The van der Waals surface area contributed by atoms with Crippen molar-refractivity contribution in [3.8, 4) is 0 Å². The molecule has 0 radical (unpaired) electrons. The van der Waals surface area contributed by atoms with Crippen molar-refractivity contribution in [1.82, 2.24) is 4.90 Å². The molecule has 0 aliphatic carbocycles. The van der Waals surface area contributed by atoms with Crippen molar-refractivity contribution in [3.63, 3.8) is 0 Å². The normalized spacial score (nSPS) is 23.6. The number of carbonyl (C=O) groups is 2. The van der Waals surface area contributed by atoms with Gasteiger partial charge in [0.2, 0.25) is 11.8 Å². The molecule has 0 aromatic heterocycles. The van der Waals surface area contributed by atoms with Gasteiger partial charge in [-0.2, -0.15) is 0 Å². The highest BCUT2D eigenvalue weighted by Crippen LogP contribution is 2.29. The second-order valence-electron chi connectivity index (χ2n) is 7.66. The molecule has 3 rings (SSSR count). The fourth-order valence-electron chi connectivity index (χ4n) is 3.68. The second-order valence-corrected chi connectivity index (χ2v) is 7.66. The fourth-order valence-corrected chi connectivity index (χ4v) is 3.68. The maximum atomic E-state index is 12.8. The summed E-state index contributed by atoms with van der Waals surface area (Å²) >= 11 is 0. The molecular formula is C19H27N3O2. The first-order valence-electron chi connectivity index (χ1n) is 8.80. The number of rotatable bonds is 2. The lowest BCUT2D eigenvalue weighted by Crippen LogP contribution is -2.55. The molecule has 5 nitrogen and oxygen atoms in total. The van der Waals surface area contributed by atoms with Gasteiger partial charge in [-0.15, -0.1) is 0 Å². The fraction of sp³-hybridized carbons (Fsp3) is 0.579. The molecule has 1 saturated heterocycles. The van der Waals surface area contributed by atoms with Crippen LogP contribution in [0.3, 0.4) is 0 Å². The van der Waals surface area contributed by atoms with Crippen molar-refractivity contribution in [1.29, 1.82) is 0 Å². The number of likely N-dealkylation sites (tertiary alicyclic amines) is 1. The van der Waals surface area contributed by atoms with Crippen LogP contribution < -0.4 is 10.6 Å². The molecule has 2 aliphatic heterocycles. The quantitative estimate of drug-likeness (QED) is 0.902. The van der Waals surface area contributed by atoms with Crippen LogP contribution in [0.1, 0.15) is 38.7 Å². The van der Waals surface area contributed by atoms with Gasteiger partial charge in [-0.3, -0.25) is 9.59 Å². The van der Waals surface area contributed by atoms with Gasteiger partial charge < -0.3 is 15.5 Å². The van der Waals surface area contributed by atoms with Gasteiger partial charge in [0, 0.05) is 31.2 Å². The van der Waals surface area contributed by atoms with Crippen LogP contribution in [0.2, 0.25) is 0 Å². The number of amides is 2. The largest absolute Gasteiger partial charge is 0.340 e. The third kappa shape index (κ3) is 3.31. The summed E-state index contributed by atoms with van der Waals surface area (Å²) in [6.45, 7) is 5.65. The van der Waals surface area contributed by atoms with Crippen LogP contribution >= 0.6 is 0 Å². The minimum absolute atomic E-state index is 0.0139. The Balaban J connectivity index is 1.77. The molecule has 1 aromatic carbocycles. The number of nitrogens with two attached hydrogens (primary N) is 1. The maximum absolute atomic E-state index is 12.8. The van der Waals surface area contributed by atoms with Gasteiger partial charge in [-0.25, -0.2) is 0 Å². The van der Waals surface area contributed by atoms with Crippen molar-refractivity contribution in [2.45, 2.75) is 45.6 Å². The Hall–Kier alpha value is -1.88. The average molecular weight is 329 g/mol. The van der Waals surface area contributed by atoms with E-state index < -0.39 is 0 Å². The monoisotopic (exact) mass is 329 g/mol. The van der Waals surface area contributed by atoms with Crippen molar-refractivity contribution in [3.05, 3.63) is 29.8 Å². The summed E-state index contributed by atoms with van der Waals surface area (Å²) in [6, 6.07) is 8.03. The molecule has 24 heavy (non-hydrogen) atoms. The molecule has 130 valence electrons. The third-order valence-corrected chi connectivity index (χ3v) is 5.38. The molecular weight excluding hydrogens is 302 g/mol. The molecule has 0 spiro atoms. The van der Waals surface area contributed by atoms with E-state index in [2.05, 4.69) is 19.9 Å². The molecule has 0 saturated carbocycles. The van der Waals surface area contributed by atoms with E-state index >= 15 is 0 Å². The van der Waals surface area contributed by atoms with Gasteiger partial charge in [-0.1, -0.05) is 32.0 Å². The van der Waals surface area contributed by atoms with E-state index in [4.69, 9.17) is 5.73 Å². The number of carbonyl (C=O) groups excluding carboxylic acids is 2. The third-order valence-electron chi connectivity index (χ3n) is 5.38. The molecule has 1 fully saturated rings. The van der Waals surface area contributed by atoms with E-state index in [1.807, 2.05) is 23.1 Å². The highest BCUT2D eigenvalue weighted by molar-refractivity contribution is 5.99. The van der Waals surface area contributed by atoms with Crippen LogP contribution in [-0.2, 0) is 16.0 Å². The van der Waals surface area contributed by atoms with Gasteiger partial charge in [0.25, 0.3) is 0 Å². The standard InChI is InChI=1S/C19H27N3O2/c1-19(2)13-21(11-10-16(19)20)18(24)12-22-15-8-4-3-6-14(15)7-5-9-17(22)23/h3-4,6,8,16H,5,7,9-13,20H2,1-2H3. The zero-order valence-corrected chi connectivity index (χ0v) is 14.6. The molecule has 1 atom stereocenters. The van der Waals surface area contributed by atoms with Crippen LogP contribution in [0.4, 0.5) is 5.69 Å². The van der Waals surface area contributed by atoms with E-state index in [1.165, 1.54) is 0 Å². The van der Waals surface area contributed by atoms with E-state index in [0.29, 0.717) is 19.5 Å². The first kappa shape index (κ1) is 17.0. The lowest BCUT2D eigenvalue weighted by atomic mass is 9.79. The molecule has 2 heterocycles. The van der Waals surface area contributed by atoms with Crippen LogP contribution in [0, 0.1) is 5.41 Å². The Morgan fingerprint density at radius 1 is 1.29 bits per heavy atom. The minimum atomic E-state index is -0.0887. The van der Waals surface area contributed by atoms with Crippen LogP contribution in [0.5, 0.6) is 0 Å². The summed E-state index contributed by atoms with van der Waals surface area (Å²) in [6.07, 6.45) is 3.03. The van der Waals surface area contributed by atoms with Crippen molar-refractivity contribution >= 4 is 17.5 Å². The Kier molecular flexibility index (Phi) is 4.63. The van der Waals surface area contributed by atoms with E-state index in [0.717, 1.165) is 30.5 Å². The maximum Gasteiger partial charge on any atom is 0.242 e. The summed E-state index contributed by atoms with van der Waals surface area (Å²) in [5.74, 6) is 0.0568. The van der Waals surface area contributed by atoms with Crippen LogP contribution in [0.25, 0.3) is 0 Å². The summed E-state index contributed by atoms with van der Waals surface area (Å²) in [5.41, 5.74) is 8.11. The van der Waals surface area contributed by atoms with Crippen molar-refractivity contribution in [2.75, 3.05) is 24.5 Å². The van der Waals surface area contributed by atoms with Crippen molar-refractivity contribution in [2.24, 2.45) is 11.1 Å². The second kappa shape index (κ2) is 6.55. The molecule has 5 heteroatoms. The van der Waals surface area contributed by atoms with Gasteiger partial charge >= 0.3 is 0 Å². The first-order valence-corrected chi connectivity index (χ1v) is 8.80. The summed E-state index contributed by atoms with van der Waals surface area (Å²) in [5, 5.41) is 0. The molecule has 1 aromatic rings. The highest BCUT2D eigenvalue weighted by atomic mass is 16.2. The lowest BCUT2D eigenvalue weighted by Gasteiger charge is -2.43. The number of fused-ring (bicyclic) bond motifs is 1. The Bertz CT molecular complexity index is 641. The SMILES string of the molecule is CC1(C)CN(C(=O)CN2C(=O)CCCc3ccccc32)CCC1N. The van der Waals surface area contributed by atoms with Crippen molar-refractivity contribution < 1.29 is 9.59 Å². The number of hydrogen-bond acceptors (Lipinski definition) is 3. The smallest absolute Gasteiger partial charge is 0.242 e. The number of para-hydroxylation sites is 1. The zero-order chi connectivity index (χ0) is 17.3. The number of nitrogens with zero attached hydrogens (tertiary/aromatic N) is 2. The van der Waals surface area contributed by atoms with Gasteiger partial charge in [0.15, 0.2) is 0 Å². The highest BCUT2D eigenvalue weighted by Gasteiger charge is 2.36. The summed E-state index contributed by atoms with van der Waals surface area (Å²) < 4.78 is 0. The molecule has 0 bridgehead atoms. The first-order chi connectivity index (χ1) is 11.4. The minimum Gasteiger partial charge on any atom is -0.340 e. The molecule has 2 aliphatic rings. The number of piperidine rings is 1. The molecule has 2 N–H and O–H groups in total. The van der Waals surface area contributed by atoms with Gasteiger partial charge in [0.1, 0.15) is 6.54 Å². The topological polar surface area (TPSA) is 66.6 Å². The van der Waals surface area contributed by atoms with Crippen LogP contribution in [0.15, 0.2) is 24.3 Å². The zero-order valence-electron chi connectivity index (χ0n) is 14.6. The predicted octanol–water partition coefficient (Wildman–Crippen LogP) is 1.94. The predicted molar refractivity (Wildman–Crippen MR) is 94.7 cm³/mol. The number of anilines is 1. The number of hydrogen-bond donors (Lipinski definition) is 1. The van der Waals surface area contributed by atoms with E-state index in [-0.39, 0.29) is 29.8 Å².